The first-order valence-electron chi connectivity index (χ1n) is 5.17. The Morgan fingerprint density at radius 3 is 2.82 bits per heavy atom. The van der Waals surface area contributed by atoms with Crippen molar-refractivity contribution in [2.24, 2.45) is 0 Å². The van der Waals surface area contributed by atoms with E-state index in [-0.39, 0.29) is 11.2 Å². The topological polar surface area (TPSA) is 75.4 Å². The number of nitrogen functional groups attached to an aromatic ring is 1. The molecule has 0 bridgehead atoms. The number of hydrogen-bond acceptors (Lipinski definition) is 4. The van der Waals surface area contributed by atoms with E-state index in [1.165, 1.54) is 0 Å². The van der Waals surface area contributed by atoms with Crippen LogP contribution in [0.2, 0.25) is 0 Å². The molecule has 4 nitrogen and oxygen atoms in total. The molecule has 1 heterocycles. The van der Waals surface area contributed by atoms with Crippen LogP contribution < -0.4 is 11.1 Å². The summed E-state index contributed by atoms with van der Waals surface area (Å²) in [5.41, 5.74) is 6.59. The molecule has 0 atom stereocenters. The lowest BCUT2D eigenvalue weighted by atomic mass is 9.98. The highest BCUT2D eigenvalue weighted by Crippen LogP contribution is 2.42. The number of carboxylic acid groups (broad SMARTS) is 1. The lowest BCUT2D eigenvalue weighted by molar-refractivity contribution is -0.138. The molecule has 0 aromatic heterocycles. The number of carboxylic acids is 1. The van der Waals surface area contributed by atoms with Crippen LogP contribution in [0.5, 0.6) is 0 Å². The second kappa shape index (κ2) is 4.88. The Morgan fingerprint density at radius 1 is 1.59 bits per heavy atom. The predicted octanol–water partition coefficient (Wildman–Crippen LogP) is 1.94. The molecule has 1 aliphatic rings. The van der Waals surface area contributed by atoms with Gasteiger partial charge >= 0.3 is 5.97 Å². The van der Waals surface area contributed by atoms with Gasteiger partial charge in [-0.3, -0.25) is 4.79 Å². The third-order valence-electron chi connectivity index (χ3n) is 2.67. The van der Waals surface area contributed by atoms with Gasteiger partial charge in [0.05, 0.1) is 11.2 Å². The van der Waals surface area contributed by atoms with Crippen LogP contribution in [0, 0.1) is 0 Å². The molecule has 0 unspecified atom stereocenters. The van der Waals surface area contributed by atoms with E-state index in [1.54, 1.807) is 11.8 Å². The zero-order valence-corrected chi connectivity index (χ0v) is 11.5. The van der Waals surface area contributed by atoms with Gasteiger partial charge in [0.1, 0.15) is 0 Å². The summed E-state index contributed by atoms with van der Waals surface area (Å²) in [6, 6.07) is 5.64. The summed E-state index contributed by atoms with van der Waals surface area (Å²) in [4.78, 5) is 11.8. The molecule has 0 amide bonds. The lowest BCUT2D eigenvalue weighted by Gasteiger charge is -2.41. The van der Waals surface area contributed by atoms with Gasteiger partial charge in [0, 0.05) is 28.1 Å². The first-order valence-corrected chi connectivity index (χ1v) is 6.78. The molecule has 1 aliphatic heterocycles. The number of aliphatic carboxylic acids is 1. The summed E-state index contributed by atoms with van der Waals surface area (Å²) in [5, 5.41) is 12.1. The summed E-state index contributed by atoms with van der Waals surface area (Å²) in [7, 11) is 0. The predicted molar refractivity (Wildman–Crippen MR) is 72.3 cm³/mol. The molecule has 6 heteroatoms. The number of rotatable bonds is 4. The van der Waals surface area contributed by atoms with E-state index in [4.69, 9.17) is 10.8 Å². The van der Waals surface area contributed by atoms with Crippen molar-refractivity contribution in [1.82, 2.24) is 5.32 Å². The Kier molecular flexibility index (Phi) is 3.65. The summed E-state index contributed by atoms with van der Waals surface area (Å²) in [6.45, 7) is 1.41. The SMILES string of the molecule is Nc1ccc(Br)cc1SC1(CC(=O)O)CNC1. The van der Waals surface area contributed by atoms with Crippen molar-refractivity contribution in [2.45, 2.75) is 16.1 Å². The average Bonchev–Trinajstić information content (AvgIpc) is 2.19. The van der Waals surface area contributed by atoms with Gasteiger partial charge in [-0.15, -0.1) is 11.8 Å². The second-order valence-corrected chi connectivity index (χ2v) is 6.57. The van der Waals surface area contributed by atoms with Crippen molar-refractivity contribution in [3.8, 4) is 0 Å². The zero-order chi connectivity index (χ0) is 12.5. The molecule has 0 aliphatic carbocycles. The summed E-state index contributed by atoms with van der Waals surface area (Å²) in [5.74, 6) is -0.771. The molecule has 1 aromatic rings. The van der Waals surface area contributed by atoms with E-state index in [0.717, 1.165) is 9.37 Å². The van der Waals surface area contributed by atoms with Crippen molar-refractivity contribution >= 4 is 39.3 Å². The molecule has 0 spiro atoms. The average molecular weight is 317 g/mol. The first kappa shape index (κ1) is 12.7. The van der Waals surface area contributed by atoms with Crippen LogP contribution in [0.1, 0.15) is 6.42 Å². The van der Waals surface area contributed by atoms with Gasteiger partial charge in [-0.25, -0.2) is 0 Å². The number of anilines is 1. The number of benzene rings is 1. The van der Waals surface area contributed by atoms with Gasteiger partial charge in [-0.1, -0.05) is 15.9 Å². The molecule has 2 rings (SSSR count). The fourth-order valence-electron chi connectivity index (χ4n) is 1.74. The quantitative estimate of drug-likeness (QED) is 0.740. The Labute approximate surface area is 112 Å². The van der Waals surface area contributed by atoms with E-state index in [2.05, 4.69) is 21.2 Å². The van der Waals surface area contributed by atoms with Crippen molar-refractivity contribution in [3.05, 3.63) is 22.7 Å². The normalized spacial score (nSPS) is 17.5. The fourth-order valence-corrected chi connectivity index (χ4v) is 3.64. The molecule has 0 saturated carbocycles. The van der Waals surface area contributed by atoms with Gasteiger partial charge < -0.3 is 16.2 Å². The van der Waals surface area contributed by atoms with Gasteiger partial charge in [0.2, 0.25) is 0 Å². The van der Waals surface area contributed by atoms with E-state index in [0.29, 0.717) is 18.8 Å². The zero-order valence-electron chi connectivity index (χ0n) is 9.07. The Bertz CT molecular complexity index is 449. The minimum atomic E-state index is -0.771. The second-order valence-electron chi connectivity index (χ2n) is 4.14. The number of nitrogens with one attached hydrogen (secondary N) is 1. The molecular weight excluding hydrogens is 304 g/mol. The third-order valence-corrected chi connectivity index (χ3v) is 4.60. The monoisotopic (exact) mass is 316 g/mol. The molecule has 17 heavy (non-hydrogen) atoms. The fraction of sp³-hybridized carbons (Fsp3) is 0.364. The highest BCUT2D eigenvalue weighted by molar-refractivity contribution is 9.10. The maximum Gasteiger partial charge on any atom is 0.304 e. The van der Waals surface area contributed by atoms with Crippen molar-refractivity contribution in [1.29, 1.82) is 0 Å². The molecule has 0 radical (unpaired) electrons. The number of thioether (sulfide) groups is 1. The van der Waals surface area contributed by atoms with Crippen molar-refractivity contribution in [3.63, 3.8) is 0 Å². The Hall–Kier alpha value is -0.720. The van der Waals surface area contributed by atoms with Crippen LogP contribution in [0.3, 0.4) is 0 Å². The van der Waals surface area contributed by atoms with Crippen molar-refractivity contribution < 1.29 is 9.90 Å². The summed E-state index contributed by atoms with van der Waals surface area (Å²) < 4.78 is 0.688. The third kappa shape index (κ3) is 2.94. The molecule has 4 N–H and O–H groups in total. The maximum absolute atomic E-state index is 10.9. The summed E-state index contributed by atoms with van der Waals surface area (Å²) in [6.07, 6.45) is 0.149. The Morgan fingerprint density at radius 2 is 2.29 bits per heavy atom. The molecule has 1 fully saturated rings. The Balaban J connectivity index is 2.18. The number of hydrogen-bond donors (Lipinski definition) is 3. The smallest absolute Gasteiger partial charge is 0.304 e. The molecule has 1 saturated heterocycles. The minimum absolute atomic E-state index is 0.149. The number of nitrogens with two attached hydrogens (primary N) is 1. The first-order chi connectivity index (χ1) is 8.01. The molecule has 1 aromatic carbocycles. The summed E-state index contributed by atoms with van der Waals surface area (Å²) >= 11 is 4.94. The van der Waals surface area contributed by atoms with E-state index in [1.807, 2.05) is 18.2 Å². The van der Waals surface area contributed by atoms with Crippen LogP contribution >= 0.6 is 27.7 Å². The molecular formula is C11H13BrN2O2S. The highest BCUT2D eigenvalue weighted by atomic mass is 79.9. The van der Waals surface area contributed by atoms with Crippen molar-refractivity contribution in [2.75, 3.05) is 18.8 Å². The van der Waals surface area contributed by atoms with Gasteiger partial charge in [-0.2, -0.15) is 0 Å². The number of halogens is 1. The van der Waals surface area contributed by atoms with E-state index >= 15 is 0 Å². The largest absolute Gasteiger partial charge is 0.481 e. The van der Waals surface area contributed by atoms with Crippen LogP contribution in [0.4, 0.5) is 5.69 Å². The van der Waals surface area contributed by atoms with Crippen LogP contribution in [-0.4, -0.2) is 28.9 Å². The van der Waals surface area contributed by atoms with Crippen LogP contribution in [-0.2, 0) is 4.79 Å². The van der Waals surface area contributed by atoms with E-state index in [9.17, 15) is 4.79 Å². The number of carbonyl (C=O) groups is 1. The van der Waals surface area contributed by atoms with Gasteiger partial charge in [0.15, 0.2) is 0 Å². The maximum atomic E-state index is 10.9. The van der Waals surface area contributed by atoms with Gasteiger partial charge in [-0.05, 0) is 18.2 Å². The standard InChI is InChI=1S/C11H13BrN2O2S/c12-7-1-2-8(13)9(3-7)17-11(4-10(15)16)5-14-6-11/h1-3,14H,4-6,13H2,(H,15,16). The van der Waals surface area contributed by atoms with E-state index < -0.39 is 5.97 Å². The van der Waals surface area contributed by atoms with Gasteiger partial charge in [0.25, 0.3) is 0 Å². The molecule has 92 valence electrons. The van der Waals surface area contributed by atoms with Crippen LogP contribution in [0.25, 0.3) is 0 Å². The lowest BCUT2D eigenvalue weighted by Crippen LogP contribution is -2.57. The minimum Gasteiger partial charge on any atom is -0.481 e. The highest BCUT2D eigenvalue weighted by Gasteiger charge is 2.40. The van der Waals surface area contributed by atoms with Crippen LogP contribution in [0.15, 0.2) is 27.6 Å².